The third-order valence-electron chi connectivity index (χ3n) is 7.38. The summed E-state index contributed by atoms with van der Waals surface area (Å²) in [6.07, 6.45) is 15.4. The molecule has 3 nitrogen and oxygen atoms in total. The Kier molecular flexibility index (Phi) is 4.52. The fourth-order valence-corrected chi connectivity index (χ4v) is 6.22. The molecular formula is C21H31ClN2O. The molecule has 25 heavy (non-hydrogen) atoms. The van der Waals surface area contributed by atoms with Gasteiger partial charge in [-0.1, -0.05) is 30.7 Å². The molecule has 0 N–H and O–H groups in total. The zero-order valence-electron chi connectivity index (χ0n) is 15.6. The molecular weight excluding hydrogens is 332 g/mol. The van der Waals surface area contributed by atoms with Crippen molar-refractivity contribution in [3.05, 3.63) is 23.8 Å². The Morgan fingerprint density at radius 1 is 1.20 bits per heavy atom. The van der Waals surface area contributed by atoms with Gasteiger partial charge in [0.15, 0.2) is 0 Å². The minimum Gasteiger partial charge on any atom is -0.300 e. The van der Waals surface area contributed by atoms with Crippen molar-refractivity contribution >= 4 is 17.7 Å². The number of nitrogens with zero attached hydrogens (tertiary/aromatic N) is 2. The molecule has 1 saturated carbocycles. The molecule has 2 heterocycles. The van der Waals surface area contributed by atoms with Crippen LogP contribution in [0.15, 0.2) is 23.8 Å². The first kappa shape index (κ1) is 17.6. The highest BCUT2D eigenvalue weighted by atomic mass is 35.5. The molecule has 4 heteroatoms. The van der Waals surface area contributed by atoms with E-state index in [-0.39, 0.29) is 11.3 Å². The molecule has 0 bridgehead atoms. The van der Waals surface area contributed by atoms with Crippen LogP contribution in [0.5, 0.6) is 0 Å². The molecule has 2 unspecified atom stereocenters. The van der Waals surface area contributed by atoms with Gasteiger partial charge in [0, 0.05) is 42.7 Å². The van der Waals surface area contributed by atoms with Crippen molar-refractivity contribution in [2.45, 2.75) is 64.8 Å². The van der Waals surface area contributed by atoms with Gasteiger partial charge in [0.25, 0.3) is 0 Å². The number of rotatable bonds is 2. The number of halogens is 1. The second kappa shape index (κ2) is 6.42. The van der Waals surface area contributed by atoms with Crippen LogP contribution in [0.1, 0.15) is 58.8 Å². The average Bonchev–Trinajstić information content (AvgIpc) is 3.10. The Hall–Kier alpha value is -0.800. The van der Waals surface area contributed by atoms with Crippen LogP contribution < -0.4 is 0 Å². The van der Waals surface area contributed by atoms with E-state index in [1.54, 1.807) is 0 Å². The molecule has 0 radical (unpaired) electrons. The number of allylic oxidation sites excluding steroid dienone is 4. The Labute approximate surface area is 157 Å². The van der Waals surface area contributed by atoms with Crippen LogP contribution in [0.4, 0.5) is 0 Å². The van der Waals surface area contributed by atoms with Crippen LogP contribution in [0.2, 0.25) is 0 Å². The number of likely N-dealkylation sites (tertiary alicyclic amines) is 1. The third-order valence-corrected chi connectivity index (χ3v) is 7.69. The van der Waals surface area contributed by atoms with E-state index in [1.165, 1.54) is 42.1 Å². The molecule has 2 saturated heterocycles. The zero-order chi connectivity index (χ0) is 17.7. The Morgan fingerprint density at radius 2 is 1.96 bits per heavy atom. The number of hydrogen-bond acceptors (Lipinski definition) is 2. The van der Waals surface area contributed by atoms with Gasteiger partial charge in [-0.3, -0.25) is 14.1 Å². The lowest BCUT2D eigenvalue weighted by atomic mass is 9.65. The summed E-state index contributed by atoms with van der Waals surface area (Å²) in [6, 6.07) is 0.711. The number of hydrogen-bond donors (Lipinski definition) is 0. The van der Waals surface area contributed by atoms with Gasteiger partial charge < -0.3 is 0 Å². The number of carbonyl (C=O) groups is 1. The smallest absolute Gasteiger partial charge is 0.237 e. The summed E-state index contributed by atoms with van der Waals surface area (Å²) in [5.74, 6) is 0.930. The summed E-state index contributed by atoms with van der Waals surface area (Å²) in [6.45, 7) is 7.64. The molecule has 0 aromatic heterocycles. The maximum Gasteiger partial charge on any atom is 0.237 e. The van der Waals surface area contributed by atoms with E-state index >= 15 is 0 Å². The highest BCUT2D eigenvalue weighted by molar-refractivity contribution is 6.22. The van der Waals surface area contributed by atoms with Crippen molar-refractivity contribution in [2.75, 3.05) is 19.6 Å². The molecule has 4 aliphatic rings. The summed E-state index contributed by atoms with van der Waals surface area (Å²) < 4.78 is 1.42. The molecule has 138 valence electrons. The quantitative estimate of drug-likeness (QED) is 0.673. The first-order chi connectivity index (χ1) is 11.9. The lowest BCUT2D eigenvalue weighted by Gasteiger charge is -2.43. The molecule has 2 aliphatic carbocycles. The molecule has 1 spiro atoms. The second-order valence-electron chi connectivity index (χ2n) is 9.32. The van der Waals surface area contributed by atoms with Gasteiger partial charge in [-0.05, 0) is 63.3 Å². The first-order valence-corrected chi connectivity index (χ1v) is 10.3. The van der Waals surface area contributed by atoms with Crippen molar-refractivity contribution in [3.8, 4) is 0 Å². The van der Waals surface area contributed by atoms with Crippen LogP contribution in [0, 0.1) is 16.7 Å². The summed E-state index contributed by atoms with van der Waals surface area (Å²) in [5.41, 5.74) is 1.91. The van der Waals surface area contributed by atoms with Gasteiger partial charge >= 0.3 is 0 Å². The van der Waals surface area contributed by atoms with Crippen LogP contribution in [-0.4, -0.2) is 40.9 Å². The SMILES string of the molecule is CC1=CC(C)(C2CCC(N3CCC4(CC(=O)N(Cl)C4)C3)CC2)CC=C1. The Bertz CT molecular complexity index is 607. The van der Waals surface area contributed by atoms with Gasteiger partial charge in [0.05, 0.1) is 0 Å². The van der Waals surface area contributed by atoms with Crippen molar-refractivity contribution in [1.82, 2.24) is 9.32 Å². The van der Waals surface area contributed by atoms with Crippen LogP contribution in [-0.2, 0) is 4.79 Å². The van der Waals surface area contributed by atoms with Crippen LogP contribution in [0.25, 0.3) is 0 Å². The minimum atomic E-state index is 0.118. The van der Waals surface area contributed by atoms with Crippen molar-refractivity contribution in [2.24, 2.45) is 16.7 Å². The maximum atomic E-state index is 11.9. The van der Waals surface area contributed by atoms with Gasteiger partial charge in [0.2, 0.25) is 5.91 Å². The molecule has 1 amide bonds. The molecule has 4 rings (SSSR count). The summed E-state index contributed by atoms with van der Waals surface area (Å²) in [7, 11) is 0. The van der Waals surface area contributed by atoms with E-state index in [0.29, 0.717) is 17.9 Å². The topological polar surface area (TPSA) is 23.6 Å². The molecule has 0 aromatic carbocycles. The first-order valence-electron chi connectivity index (χ1n) is 9.95. The second-order valence-corrected chi connectivity index (χ2v) is 9.73. The van der Waals surface area contributed by atoms with Gasteiger partial charge in [-0.15, -0.1) is 0 Å². The van der Waals surface area contributed by atoms with E-state index in [4.69, 9.17) is 11.8 Å². The monoisotopic (exact) mass is 362 g/mol. The zero-order valence-corrected chi connectivity index (χ0v) is 16.4. The molecule has 3 fully saturated rings. The summed E-state index contributed by atoms with van der Waals surface area (Å²) in [5, 5.41) is 0. The third kappa shape index (κ3) is 3.30. The number of carbonyl (C=O) groups excluding carboxylic acids is 1. The lowest BCUT2D eigenvalue weighted by Crippen LogP contribution is -2.41. The van der Waals surface area contributed by atoms with Crippen molar-refractivity contribution < 1.29 is 4.79 Å². The van der Waals surface area contributed by atoms with Gasteiger partial charge in [-0.2, -0.15) is 0 Å². The minimum absolute atomic E-state index is 0.118. The fraction of sp³-hybridized carbons (Fsp3) is 0.762. The maximum absolute atomic E-state index is 11.9. The predicted octanol–water partition coefficient (Wildman–Crippen LogP) is 4.54. The van der Waals surface area contributed by atoms with Crippen molar-refractivity contribution in [1.29, 1.82) is 0 Å². The molecule has 2 aliphatic heterocycles. The highest BCUT2D eigenvalue weighted by Crippen LogP contribution is 2.47. The van der Waals surface area contributed by atoms with E-state index in [0.717, 1.165) is 32.0 Å². The Morgan fingerprint density at radius 3 is 2.60 bits per heavy atom. The van der Waals surface area contributed by atoms with Crippen molar-refractivity contribution in [3.63, 3.8) is 0 Å². The fourth-order valence-electron chi connectivity index (χ4n) is 5.91. The standard InChI is InChI=1S/C21H31ClN2O/c1-16-4-3-9-20(2,12-16)17-5-7-18(8-6-17)23-11-10-21(14-23)13-19(25)24(22)15-21/h3-4,12,17-18H,5-11,13-15H2,1-2H3. The van der Waals surface area contributed by atoms with E-state index in [2.05, 4.69) is 37.0 Å². The Balaban J connectivity index is 1.34. The van der Waals surface area contributed by atoms with E-state index < -0.39 is 0 Å². The number of amides is 1. The molecule has 2 atom stereocenters. The largest absolute Gasteiger partial charge is 0.300 e. The predicted molar refractivity (Wildman–Crippen MR) is 102 cm³/mol. The van der Waals surface area contributed by atoms with Crippen LogP contribution in [0.3, 0.4) is 0 Å². The van der Waals surface area contributed by atoms with Gasteiger partial charge in [0.1, 0.15) is 0 Å². The normalized spacial score (nSPS) is 42.4. The van der Waals surface area contributed by atoms with E-state index in [9.17, 15) is 4.79 Å². The summed E-state index contributed by atoms with van der Waals surface area (Å²) >= 11 is 6.05. The van der Waals surface area contributed by atoms with Crippen LogP contribution >= 0.6 is 11.8 Å². The van der Waals surface area contributed by atoms with Gasteiger partial charge in [-0.25, -0.2) is 0 Å². The lowest BCUT2D eigenvalue weighted by molar-refractivity contribution is -0.124. The summed E-state index contributed by atoms with van der Waals surface area (Å²) in [4.78, 5) is 14.5. The highest BCUT2D eigenvalue weighted by Gasteiger charge is 2.49. The molecule has 0 aromatic rings. The van der Waals surface area contributed by atoms with E-state index in [1.807, 2.05) is 0 Å². The average molecular weight is 363 g/mol.